The zero-order valence-electron chi connectivity index (χ0n) is 23.3. The van der Waals surface area contributed by atoms with Crippen LogP contribution < -0.4 is 10.6 Å². The van der Waals surface area contributed by atoms with E-state index in [0.717, 1.165) is 69.3 Å². The minimum absolute atomic E-state index is 0.0125. The van der Waals surface area contributed by atoms with Gasteiger partial charge in [-0.05, 0) is 80.4 Å². The van der Waals surface area contributed by atoms with E-state index in [1.165, 1.54) is 11.1 Å². The summed E-state index contributed by atoms with van der Waals surface area (Å²) in [5.74, 6) is 0.860. The summed E-state index contributed by atoms with van der Waals surface area (Å²) in [6.07, 6.45) is 5.92. The number of benzene rings is 2. The number of carbonyl (C=O) groups excluding carboxylic acids is 2. The van der Waals surface area contributed by atoms with Crippen LogP contribution >= 0.6 is 0 Å². The van der Waals surface area contributed by atoms with Gasteiger partial charge >= 0.3 is 0 Å². The van der Waals surface area contributed by atoms with E-state index < -0.39 is 0 Å². The highest BCUT2D eigenvalue weighted by atomic mass is 16.2. The van der Waals surface area contributed by atoms with Gasteiger partial charge in [0, 0.05) is 30.7 Å². The highest BCUT2D eigenvalue weighted by Gasteiger charge is 2.42. The molecule has 6 heteroatoms. The van der Waals surface area contributed by atoms with E-state index in [1.54, 1.807) is 0 Å². The van der Waals surface area contributed by atoms with E-state index in [9.17, 15) is 9.59 Å². The van der Waals surface area contributed by atoms with Crippen molar-refractivity contribution in [1.82, 2.24) is 20.4 Å². The molecule has 2 aliphatic heterocycles. The van der Waals surface area contributed by atoms with Crippen molar-refractivity contribution >= 4 is 11.8 Å². The molecule has 0 bridgehead atoms. The number of carbonyl (C=O) groups is 2. The van der Waals surface area contributed by atoms with Gasteiger partial charge in [0.2, 0.25) is 5.91 Å². The van der Waals surface area contributed by atoms with Gasteiger partial charge in [-0.2, -0.15) is 0 Å². The monoisotopic (exact) mass is 516 g/mol. The lowest BCUT2D eigenvalue weighted by Gasteiger charge is -2.44. The fraction of sp³-hybridized carbons (Fsp3) is 0.562. The standard InChI is InChI=1S/C32H44N4O2/c1-4-22(5-2)30-32(38)34-29(26-18-23-10-6-7-11-24(23)19-26)21-36(30)20-25-12-8-9-13-28(25)31(37)33-27-14-16-35(3)17-15-27/h6-13,22,26-27,29-30H,4-5,14-21H2,1-3H3,(H,33,37)(H,34,38)/t29?,30-/m1/s1. The Kier molecular flexibility index (Phi) is 8.49. The first-order chi connectivity index (χ1) is 18.5. The molecule has 2 heterocycles. The fourth-order valence-corrected chi connectivity index (χ4v) is 6.91. The molecule has 0 radical (unpaired) electrons. The van der Waals surface area contributed by atoms with Crippen LogP contribution in [0.25, 0.3) is 0 Å². The number of piperazine rings is 1. The van der Waals surface area contributed by atoms with E-state index in [2.05, 4.69) is 71.7 Å². The van der Waals surface area contributed by atoms with Gasteiger partial charge in [-0.1, -0.05) is 69.2 Å². The van der Waals surface area contributed by atoms with Crippen LogP contribution in [0, 0.1) is 11.8 Å². The second-order valence-electron chi connectivity index (χ2n) is 11.7. The van der Waals surface area contributed by atoms with Crippen molar-refractivity contribution in [2.75, 3.05) is 26.7 Å². The number of fused-ring (bicyclic) bond motifs is 1. The average Bonchev–Trinajstić information content (AvgIpc) is 3.36. The molecule has 6 nitrogen and oxygen atoms in total. The maximum atomic E-state index is 13.7. The minimum Gasteiger partial charge on any atom is -0.350 e. The number of likely N-dealkylation sites (tertiary alicyclic amines) is 1. The Balaban J connectivity index is 1.35. The number of nitrogens with zero attached hydrogens (tertiary/aromatic N) is 2. The molecule has 0 saturated carbocycles. The van der Waals surface area contributed by atoms with E-state index in [1.807, 2.05) is 18.2 Å². The number of hydrogen-bond acceptors (Lipinski definition) is 4. The van der Waals surface area contributed by atoms with Crippen LogP contribution in [-0.2, 0) is 24.2 Å². The van der Waals surface area contributed by atoms with E-state index >= 15 is 0 Å². The van der Waals surface area contributed by atoms with Gasteiger partial charge in [0.1, 0.15) is 0 Å². The molecule has 0 spiro atoms. The van der Waals surface area contributed by atoms with Crippen LogP contribution in [-0.4, -0.2) is 66.4 Å². The van der Waals surface area contributed by atoms with Crippen LogP contribution in [0.4, 0.5) is 0 Å². The Morgan fingerprint density at radius 3 is 2.29 bits per heavy atom. The van der Waals surface area contributed by atoms with Gasteiger partial charge in [0.25, 0.3) is 5.91 Å². The van der Waals surface area contributed by atoms with E-state index in [0.29, 0.717) is 12.5 Å². The number of rotatable bonds is 8. The first-order valence-corrected chi connectivity index (χ1v) is 14.6. The summed E-state index contributed by atoms with van der Waals surface area (Å²) in [5, 5.41) is 6.74. The first kappa shape index (κ1) is 26.9. The second-order valence-corrected chi connectivity index (χ2v) is 11.7. The third-order valence-electron chi connectivity index (χ3n) is 9.26. The highest BCUT2D eigenvalue weighted by Crippen LogP contribution is 2.33. The van der Waals surface area contributed by atoms with Gasteiger partial charge in [-0.15, -0.1) is 0 Å². The van der Waals surface area contributed by atoms with Crippen molar-refractivity contribution < 1.29 is 9.59 Å². The van der Waals surface area contributed by atoms with Crippen molar-refractivity contribution in [3.63, 3.8) is 0 Å². The average molecular weight is 517 g/mol. The van der Waals surface area contributed by atoms with Crippen LogP contribution in [0.2, 0.25) is 0 Å². The molecular weight excluding hydrogens is 472 g/mol. The van der Waals surface area contributed by atoms with Crippen LogP contribution in [0.1, 0.15) is 66.6 Å². The molecule has 2 aromatic carbocycles. The smallest absolute Gasteiger partial charge is 0.251 e. The summed E-state index contributed by atoms with van der Waals surface area (Å²) in [5.41, 5.74) is 4.58. The first-order valence-electron chi connectivity index (χ1n) is 14.6. The topological polar surface area (TPSA) is 64.7 Å². The summed E-state index contributed by atoms with van der Waals surface area (Å²) in [7, 11) is 2.13. The number of piperidine rings is 1. The molecule has 2 N–H and O–H groups in total. The maximum Gasteiger partial charge on any atom is 0.251 e. The molecule has 0 aromatic heterocycles. The molecule has 2 saturated heterocycles. The summed E-state index contributed by atoms with van der Waals surface area (Å²) < 4.78 is 0. The lowest BCUT2D eigenvalue weighted by Crippen LogP contribution is -2.63. The molecule has 204 valence electrons. The van der Waals surface area contributed by atoms with Crippen LogP contribution in [0.5, 0.6) is 0 Å². The third-order valence-corrected chi connectivity index (χ3v) is 9.26. The minimum atomic E-state index is -0.171. The van der Waals surface area contributed by atoms with Gasteiger partial charge in [-0.3, -0.25) is 14.5 Å². The normalized spacial score (nSPS) is 23.4. The quantitative estimate of drug-likeness (QED) is 0.556. The Bertz CT molecular complexity index is 1100. The van der Waals surface area contributed by atoms with E-state index in [4.69, 9.17) is 0 Å². The maximum absolute atomic E-state index is 13.7. The van der Waals surface area contributed by atoms with Gasteiger partial charge in [-0.25, -0.2) is 0 Å². The lowest BCUT2D eigenvalue weighted by molar-refractivity contribution is -0.134. The van der Waals surface area contributed by atoms with Crippen molar-refractivity contribution in [3.8, 4) is 0 Å². The van der Waals surface area contributed by atoms with Crippen molar-refractivity contribution in [3.05, 3.63) is 70.8 Å². The van der Waals surface area contributed by atoms with Gasteiger partial charge < -0.3 is 15.5 Å². The summed E-state index contributed by atoms with van der Waals surface area (Å²) >= 11 is 0. The zero-order valence-corrected chi connectivity index (χ0v) is 23.3. The molecule has 1 unspecified atom stereocenters. The largest absolute Gasteiger partial charge is 0.350 e. The predicted molar refractivity (Wildman–Crippen MR) is 152 cm³/mol. The second kappa shape index (κ2) is 12.0. The molecular formula is C32H44N4O2. The number of hydrogen-bond donors (Lipinski definition) is 2. The summed E-state index contributed by atoms with van der Waals surface area (Å²) in [4.78, 5) is 31.8. The fourth-order valence-electron chi connectivity index (χ4n) is 6.91. The summed E-state index contributed by atoms with van der Waals surface area (Å²) in [6.45, 7) is 7.82. The molecule has 38 heavy (non-hydrogen) atoms. The Hall–Kier alpha value is -2.70. The number of nitrogens with one attached hydrogen (secondary N) is 2. The van der Waals surface area contributed by atoms with Crippen LogP contribution in [0.15, 0.2) is 48.5 Å². The molecule has 2 fully saturated rings. The molecule has 5 rings (SSSR count). The molecule has 1 aliphatic carbocycles. The van der Waals surface area contributed by atoms with Gasteiger partial charge in [0.15, 0.2) is 0 Å². The predicted octanol–water partition coefficient (Wildman–Crippen LogP) is 4.03. The highest BCUT2D eigenvalue weighted by molar-refractivity contribution is 5.96. The SMILES string of the molecule is CCC(CC)[C@@H]1C(=O)NC(C2Cc3ccccc3C2)CN1Cc1ccccc1C(=O)NC1CCN(C)CC1. The van der Waals surface area contributed by atoms with E-state index in [-0.39, 0.29) is 35.9 Å². The molecule has 2 amide bonds. The lowest BCUT2D eigenvalue weighted by atomic mass is 9.86. The Morgan fingerprint density at radius 1 is 1.00 bits per heavy atom. The van der Waals surface area contributed by atoms with Crippen molar-refractivity contribution in [2.24, 2.45) is 11.8 Å². The zero-order chi connectivity index (χ0) is 26.6. The number of amides is 2. The summed E-state index contributed by atoms with van der Waals surface area (Å²) in [6, 6.07) is 16.8. The Labute approximate surface area is 228 Å². The molecule has 2 atom stereocenters. The third kappa shape index (κ3) is 5.81. The van der Waals surface area contributed by atoms with Crippen LogP contribution in [0.3, 0.4) is 0 Å². The van der Waals surface area contributed by atoms with Crippen molar-refractivity contribution in [1.29, 1.82) is 0 Å². The Morgan fingerprint density at radius 2 is 1.63 bits per heavy atom. The van der Waals surface area contributed by atoms with Crippen molar-refractivity contribution in [2.45, 2.75) is 77.0 Å². The molecule has 3 aliphatic rings. The van der Waals surface area contributed by atoms with Gasteiger partial charge in [0.05, 0.1) is 6.04 Å². The molecule has 2 aromatic rings.